The second-order valence-electron chi connectivity index (χ2n) is 5.00. The van der Waals surface area contributed by atoms with Gasteiger partial charge in [0.1, 0.15) is 0 Å². The molecule has 0 bridgehead atoms. The van der Waals surface area contributed by atoms with Crippen LogP contribution < -0.4 is 10.6 Å². The van der Waals surface area contributed by atoms with Crippen molar-refractivity contribution < 1.29 is 19.3 Å². The molecule has 1 saturated heterocycles. The number of piperidine rings is 1. The van der Waals surface area contributed by atoms with Gasteiger partial charge in [0, 0.05) is 12.5 Å². The number of fused-ring (bicyclic) bond motifs is 1. The molecule has 1 fully saturated rings. The number of nitrogens with zero attached hydrogens (tertiary/aromatic N) is 1. The Morgan fingerprint density at radius 3 is 2.67 bits per heavy atom. The highest BCUT2D eigenvalue weighted by molar-refractivity contribution is 6.03. The molecule has 2 aliphatic heterocycles. The molecule has 0 saturated carbocycles. The summed E-state index contributed by atoms with van der Waals surface area (Å²) in [6.45, 7) is 0. The van der Waals surface area contributed by atoms with Crippen LogP contribution in [0.5, 0.6) is 0 Å². The molecule has 0 aliphatic carbocycles. The molecule has 108 valence electrons. The van der Waals surface area contributed by atoms with E-state index in [2.05, 4.69) is 10.6 Å². The van der Waals surface area contributed by atoms with Gasteiger partial charge in [-0.05, 0) is 12.5 Å². The Morgan fingerprint density at radius 2 is 2.00 bits per heavy atom. The SMILES string of the molecule is O=C1CCC(C2NC(=O)c3cccc([N+](=O)[O-])c32)C(=O)N1. The molecule has 2 heterocycles. The van der Waals surface area contributed by atoms with Crippen LogP contribution in [0.3, 0.4) is 0 Å². The van der Waals surface area contributed by atoms with Crippen molar-refractivity contribution >= 4 is 23.4 Å². The van der Waals surface area contributed by atoms with E-state index in [0.29, 0.717) is 0 Å². The fraction of sp³-hybridized carbons (Fsp3) is 0.308. The topological polar surface area (TPSA) is 118 Å². The highest BCUT2D eigenvalue weighted by atomic mass is 16.6. The zero-order valence-electron chi connectivity index (χ0n) is 10.8. The molecule has 2 aliphatic rings. The summed E-state index contributed by atoms with van der Waals surface area (Å²) in [7, 11) is 0. The third-order valence-electron chi connectivity index (χ3n) is 3.81. The fourth-order valence-electron chi connectivity index (χ4n) is 2.86. The van der Waals surface area contributed by atoms with Gasteiger partial charge in [0.15, 0.2) is 0 Å². The van der Waals surface area contributed by atoms with E-state index in [9.17, 15) is 24.5 Å². The number of amides is 3. The number of benzene rings is 1. The molecule has 8 nitrogen and oxygen atoms in total. The average Bonchev–Trinajstić information content (AvgIpc) is 2.76. The highest BCUT2D eigenvalue weighted by Gasteiger charge is 2.43. The van der Waals surface area contributed by atoms with Crippen LogP contribution in [0.25, 0.3) is 0 Å². The second kappa shape index (κ2) is 4.65. The summed E-state index contributed by atoms with van der Waals surface area (Å²) in [5.74, 6) is -2.01. The molecule has 8 heteroatoms. The van der Waals surface area contributed by atoms with Crippen molar-refractivity contribution in [2.24, 2.45) is 5.92 Å². The third-order valence-corrected chi connectivity index (χ3v) is 3.81. The Kier molecular flexibility index (Phi) is 2.93. The number of carbonyl (C=O) groups excluding carboxylic acids is 3. The van der Waals surface area contributed by atoms with Crippen LogP contribution in [0.1, 0.15) is 34.8 Å². The average molecular weight is 289 g/mol. The summed E-state index contributed by atoms with van der Waals surface area (Å²) >= 11 is 0. The minimum Gasteiger partial charge on any atom is -0.344 e. The Balaban J connectivity index is 2.05. The molecule has 0 aromatic heterocycles. The smallest absolute Gasteiger partial charge is 0.275 e. The molecule has 3 amide bonds. The third kappa shape index (κ3) is 2.04. The van der Waals surface area contributed by atoms with Gasteiger partial charge in [0.25, 0.3) is 11.6 Å². The molecule has 21 heavy (non-hydrogen) atoms. The van der Waals surface area contributed by atoms with Gasteiger partial charge >= 0.3 is 0 Å². The lowest BCUT2D eigenvalue weighted by Gasteiger charge is -2.26. The van der Waals surface area contributed by atoms with E-state index >= 15 is 0 Å². The van der Waals surface area contributed by atoms with Crippen molar-refractivity contribution in [3.8, 4) is 0 Å². The van der Waals surface area contributed by atoms with E-state index in [1.165, 1.54) is 18.2 Å². The predicted octanol–water partition coefficient (Wildman–Crippen LogP) is 0.432. The maximum absolute atomic E-state index is 11.9. The summed E-state index contributed by atoms with van der Waals surface area (Å²) < 4.78 is 0. The van der Waals surface area contributed by atoms with E-state index in [1.807, 2.05) is 0 Å². The maximum atomic E-state index is 11.9. The van der Waals surface area contributed by atoms with Gasteiger partial charge in [-0.25, -0.2) is 0 Å². The zero-order chi connectivity index (χ0) is 15.1. The van der Waals surface area contributed by atoms with E-state index in [0.717, 1.165) is 0 Å². The summed E-state index contributed by atoms with van der Waals surface area (Å²) in [5, 5.41) is 16.0. The summed E-state index contributed by atoms with van der Waals surface area (Å²) in [6, 6.07) is 3.45. The fourth-order valence-corrected chi connectivity index (χ4v) is 2.86. The number of rotatable bonds is 2. The largest absolute Gasteiger partial charge is 0.344 e. The summed E-state index contributed by atoms with van der Waals surface area (Å²) in [5.41, 5.74) is 0.237. The molecule has 0 spiro atoms. The summed E-state index contributed by atoms with van der Waals surface area (Å²) in [4.78, 5) is 45.6. The lowest BCUT2D eigenvalue weighted by Crippen LogP contribution is -2.45. The lowest BCUT2D eigenvalue weighted by molar-refractivity contribution is -0.385. The minimum absolute atomic E-state index is 0.152. The molecular formula is C13H11N3O5. The van der Waals surface area contributed by atoms with E-state index in [1.54, 1.807) is 0 Å². The van der Waals surface area contributed by atoms with Gasteiger partial charge in [-0.1, -0.05) is 6.07 Å². The maximum Gasteiger partial charge on any atom is 0.275 e. The Labute approximate surface area is 118 Å². The second-order valence-corrected chi connectivity index (χ2v) is 5.00. The van der Waals surface area contributed by atoms with Gasteiger partial charge in [-0.15, -0.1) is 0 Å². The van der Waals surface area contributed by atoms with Crippen LogP contribution >= 0.6 is 0 Å². The van der Waals surface area contributed by atoms with Crippen molar-refractivity contribution in [3.63, 3.8) is 0 Å². The number of carbonyl (C=O) groups is 3. The molecular weight excluding hydrogens is 278 g/mol. The highest BCUT2D eigenvalue weighted by Crippen LogP contribution is 2.39. The van der Waals surface area contributed by atoms with Gasteiger partial charge in [-0.3, -0.25) is 29.8 Å². The number of nitrogens with one attached hydrogen (secondary N) is 2. The number of nitro benzene ring substituents is 1. The van der Waals surface area contributed by atoms with Gasteiger partial charge in [0.2, 0.25) is 11.8 Å². The monoisotopic (exact) mass is 289 g/mol. The molecule has 2 atom stereocenters. The first-order chi connectivity index (χ1) is 9.99. The molecule has 2 unspecified atom stereocenters. The van der Waals surface area contributed by atoms with E-state index in [4.69, 9.17) is 0 Å². The number of hydrogen-bond donors (Lipinski definition) is 2. The standard InChI is InChI=1S/C13H11N3O5/c17-9-5-4-7(13(19)14-9)11-10-6(12(18)15-11)2-1-3-8(10)16(20)21/h1-3,7,11H,4-5H2,(H,15,18)(H,14,17,19). The predicted molar refractivity (Wildman–Crippen MR) is 69.2 cm³/mol. The molecule has 1 aromatic rings. The molecule has 2 N–H and O–H groups in total. The van der Waals surface area contributed by atoms with Crippen molar-refractivity contribution in [1.82, 2.24) is 10.6 Å². The van der Waals surface area contributed by atoms with Crippen LogP contribution in [0.15, 0.2) is 18.2 Å². The zero-order valence-corrected chi connectivity index (χ0v) is 10.8. The van der Waals surface area contributed by atoms with Crippen LogP contribution in [0, 0.1) is 16.0 Å². The first kappa shape index (κ1) is 13.2. The molecule has 1 aromatic carbocycles. The normalized spacial score (nSPS) is 24.3. The molecule has 0 radical (unpaired) electrons. The van der Waals surface area contributed by atoms with Crippen molar-refractivity contribution in [2.75, 3.05) is 0 Å². The number of hydrogen-bond acceptors (Lipinski definition) is 5. The van der Waals surface area contributed by atoms with Crippen LogP contribution in [0.2, 0.25) is 0 Å². The van der Waals surface area contributed by atoms with Gasteiger partial charge in [0.05, 0.1) is 28.0 Å². The Bertz CT molecular complexity index is 684. The quantitative estimate of drug-likeness (QED) is 0.465. The summed E-state index contributed by atoms with van der Waals surface area (Å²) in [6.07, 6.45) is 0.403. The van der Waals surface area contributed by atoms with Crippen LogP contribution in [-0.2, 0) is 9.59 Å². The Morgan fingerprint density at radius 1 is 1.24 bits per heavy atom. The van der Waals surface area contributed by atoms with E-state index < -0.39 is 28.7 Å². The first-order valence-corrected chi connectivity index (χ1v) is 6.41. The number of nitro groups is 1. The van der Waals surface area contributed by atoms with Crippen molar-refractivity contribution in [1.29, 1.82) is 0 Å². The van der Waals surface area contributed by atoms with Crippen LogP contribution in [-0.4, -0.2) is 22.6 Å². The first-order valence-electron chi connectivity index (χ1n) is 6.41. The number of imide groups is 1. The van der Waals surface area contributed by atoms with Gasteiger partial charge < -0.3 is 5.32 Å². The van der Waals surface area contributed by atoms with Crippen molar-refractivity contribution in [2.45, 2.75) is 18.9 Å². The lowest BCUT2D eigenvalue weighted by atomic mass is 9.86. The minimum atomic E-state index is -0.776. The van der Waals surface area contributed by atoms with E-state index in [-0.39, 0.29) is 35.6 Å². The van der Waals surface area contributed by atoms with Crippen LogP contribution in [0.4, 0.5) is 5.69 Å². The molecule has 3 rings (SSSR count). The van der Waals surface area contributed by atoms with Crippen molar-refractivity contribution in [3.05, 3.63) is 39.4 Å². The Hall–Kier alpha value is -2.77. The van der Waals surface area contributed by atoms with Gasteiger partial charge in [-0.2, -0.15) is 0 Å².